The summed E-state index contributed by atoms with van der Waals surface area (Å²) in [5, 5.41) is 0.922. The number of rotatable bonds is 4. The van der Waals surface area contributed by atoms with Gasteiger partial charge < -0.3 is 14.5 Å². The highest BCUT2D eigenvalue weighted by Crippen LogP contribution is 2.61. The number of halogens is 2. The highest BCUT2D eigenvalue weighted by Gasteiger charge is 2.53. The molecule has 8 nitrogen and oxygen atoms in total. The zero-order chi connectivity index (χ0) is 31.9. The minimum atomic E-state index is -0.701. The molecule has 3 aliphatic rings. The van der Waals surface area contributed by atoms with Crippen molar-refractivity contribution in [1.29, 1.82) is 0 Å². The Bertz CT molecular complexity index is 2000. The summed E-state index contributed by atoms with van der Waals surface area (Å²) in [4.78, 5) is 40.0. The Morgan fingerprint density at radius 1 is 1.18 bits per heavy atom. The average molecular weight is 628 g/mol. The summed E-state index contributed by atoms with van der Waals surface area (Å²) in [6.45, 7) is 14.7. The van der Waals surface area contributed by atoms with Crippen molar-refractivity contribution in [2.45, 2.75) is 65.0 Å². The van der Waals surface area contributed by atoms with Gasteiger partial charge in [0.25, 0.3) is 0 Å². The topological polar surface area (TPSA) is 80.6 Å². The van der Waals surface area contributed by atoms with Gasteiger partial charge in [0, 0.05) is 53.9 Å². The van der Waals surface area contributed by atoms with E-state index in [2.05, 4.69) is 11.6 Å². The second-order valence-corrected chi connectivity index (χ2v) is 13.2. The molecule has 1 saturated heterocycles. The number of benzene rings is 2. The van der Waals surface area contributed by atoms with E-state index in [4.69, 9.17) is 21.3 Å². The molecule has 1 atom stereocenters. The van der Waals surface area contributed by atoms with Crippen molar-refractivity contribution in [2.75, 3.05) is 24.5 Å². The molecule has 1 aliphatic carbocycles. The van der Waals surface area contributed by atoms with Crippen LogP contribution in [-0.4, -0.2) is 51.0 Å². The van der Waals surface area contributed by atoms with Gasteiger partial charge >= 0.3 is 5.69 Å². The normalized spacial score (nSPS) is 18.2. The predicted molar refractivity (Wildman–Crippen MR) is 174 cm³/mol. The Morgan fingerprint density at radius 3 is 2.60 bits per heavy atom. The third-order valence-corrected chi connectivity index (χ3v) is 9.75. The average Bonchev–Trinajstić information content (AvgIpc) is 3.78. The van der Waals surface area contributed by atoms with E-state index in [1.807, 2.05) is 44.7 Å². The first-order chi connectivity index (χ1) is 21.5. The molecule has 2 fully saturated rings. The van der Waals surface area contributed by atoms with E-state index in [0.29, 0.717) is 69.5 Å². The van der Waals surface area contributed by atoms with E-state index in [1.165, 1.54) is 6.08 Å². The first kappa shape index (κ1) is 29.5. The number of amides is 1. The molecule has 10 heteroatoms. The molecule has 1 amide bonds. The minimum Gasteiger partial charge on any atom is -0.480 e. The van der Waals surface area contributed by atoms with Crippen LogP contribution >= 0.6 is 11.6 Å². The van der Waals surface area contributed by atoms with Crippen LogP contribution in [0.2, 0.25) is 5.02 Å². The lowest BCUT2D eigenvalue weighted by Crippen LogP contribution is -2.54. The van der Waals surface area contributed by atoms with Crippen molar-refractivity contribution in [3.63, 3.8) is 0 Å². The molecular weight excluding hydrogens is 593 g/mol. The molecule has 0 unspecified atom stereocenters. The Kier molecular flexibility index (Phi) is 6.82. The quantitative estimate of drug-likeness (QED) is 0.238. The third-order valence-electron chi connectivity index (χ3n) is 9.45. The zero-order valence-electron chi connectivity index (χ0n) is 26.1. The molecule has 232 valence electrons. The van der Waals surface area contributed by atoms with Crippen LogP contribution in [0.5, 0.6) is 5.75 Å². The van der Waals surface area contributed by atoms with Gasteiger partial charge in [0.1, 0.15) is 22.8 Å². The van der Waals surface area contributed by atoms with Crippen LogP contribution in [0.3, 0.4) is 0 Å². The summed E-state index contributed by atoms with van der Waals surface area (Å²) in [6.07, 6.45) is 4.50. The van der Waals surface area contributed by atoms with Crippen molar-refractivity contribution in [3.8, 4) is 22.6 Å². The van der Waals surface area contributed by atoms with Crippen LogP contribution in [0.15, 0.2) is 47.9 Å². The van der Waals surface area contributed by atoms with Gasteiger partial charge in [-0.2, -0.15) is 4.98 Å². The highest BCUT2D eigenvalue weighted by molar-refractivity contribution is 6.35. The molecule has 0 radical (unpaired) electrons. The highest BCUT2D eigenvalue weighted by atomic mass is 35.5. The number of pyridine rings is 1. The van der Waals surface area contributed by atoms with Gasteiger partial charge in [0.15, 0.2) is 5.75 Å². The van der Waals surface area contributed by atoms with E-state index in [0.717, 1.165) is 29.7 Å². The number of hydrogen-bond acceptors (Lipinski definition) is 6. The number of fused-ring (bicyclic) bond motifs is 6. The Labute approximate surface area is 266 Å². The van der Waals surface area contributed by atoms with Crippen molar-refractivity contribution < 1.29 is 13.9 Å². The van der Waals surface area contributed by atoms with E-state index in [9.17, 15) is 9.59 Å². The van der Waals surface area contributed by atoms with E-state index < -0.39 is 11.3 Å². The summed E-state index contributed by atoms with van der Waals surface area (Å²) in [7, 11) is 0. The maximum absolute atomic E-state index is 16.2. The number of nitrogens with zero attached hydrogens (tertiary/aromatic N) is 5. The first-order valence-electron chi connectivity index (χ1n) is 15.4. The van der Waals surface area contributed by atoms with E-state index in [1.54, 1.807) is 34.7 Å². The van der Waals surface area contributed by atoms with Gasteiger partial charge in [-0.25, -0.2) is 9.18 Å². The molecule has 4 aromatic rings. The molecule has 1 spiro atoms. The van der Waals surface area contributed by atoms with Crippen LogP contribution in [0.25, 0.3) is 27.7 Å². The number of hydrogen-bond donors (Lipinski definition) is 0. The number of aromatic nitrogens is 3. The summed E-state index contributed by atoms with van der Waals surface area (Å²) in [5.74, 6) is 0.338. The Balaban J connectivity index is 1.59. The van der Waals surface area contributed by atoms with Gasteiger partial charge in [0.05, 0.1) is 16.4 Å². The molecule has 45 heavy (non-hydrogen) atoms. The number of aryl methyl sites for hydroxylation is 2. The van der Waals surface area contributed by atoms with E-state index >= 15 is 4.39 Å². The lowest BCUT2D eigenvalue weighted by Gasteiger charge is -2.41. The first-order valence-corrected chi connectivity index (χ1v) is 15.8. The van der Waals surface area contributed by atoms with Crippen LogP contribution in [-0.2, 0) is 10.4 Å². The van der Waals surface area contributed by atoms with Gasteiger partial charge in [-0.1, -0.05) is 44.2 Å². The van der Waals surface area contributed by atoms with Crippen LogP contribution in [0.1, 0.15) is 61.9 Å². The number of carbonyl (C=O) groups is 1. The van der Waals surface area contributed by atoms with Crippen molar-refractivity contribution in [3.05, 3.63) is 86.8 Å². The lowest BCUT2D eigenvalue weighted by atomic mass is 9.88. The number of piperazine rings is 1. The second kappa shape index (κ2) is 10.4. The lowest BCUT2D eigenvalue weighted by molar-refractivity contribution is -0.126. The molecule has 2 aromatic heterocycles. The molecule has 2 aromatic carbocycles. The minimum absolute atomic E-state index is 0.00309. The summed E-state index contributed by atoms with van der Waals surface area (Å²) < 4.78 is 24.6. The molecule has 4 heterocycles. The van der Waals surface area contributed by atoms with Crippen molar-refractivity contribution in [2.24, 2.45) is 0 Å². The van der Waals surface area contributed by atoms with Gasteiger partial charge in [-0.15, -0.1) is 0 Å². The fourth-order valence-electron chi connectivity index (χ4n) is 6.99. The smallest absolute Gasteiger partial charge is 0.354 e. The Morgan fingerprint density at radius 2 is 1.93 bits per heavy atom. The Hall–Kier alpha value is -4.24. The molecule has 0 N–H and O–H groups in total. The van der Waals surface area contributed by atoms with Crippen LogP contribution in [0, 0.1) is 19.7 Å². The van der Waals surface area contributed by atoms with Crippen LogP contribution < -0.4 is 15.3 Å². The maximum atomic E-state index is 16.2. The zero-order valence-corrected chi connectivity index (χ0v) is 26.8. The monoisotopic (exact) mass is 627 g/mol. The van der Waals surface area contributed by atoms with Gasteiger partial charge in [-0.05, 0) is 68.9 Å². The third kappa shape index (κ3) is 4.38. The summed E-state index contributed by atoms with van der Waals surface area (Å²) in [5.41, 5.74) is 3.64. The molecule has 0 bridgehead atoms. The second-order valence-electron chi connectivity index (χ2n) is 12.8. The fourth-order valence-corrected chi connectivity index (χ4v) is 7.28. The molecule has 1 saturated carbocycles. The van der Waals surface area contributed by atoms with Gasteiger partial charge in [-0.3, -0.25) is 14.3 Å². The van der Waals surface area contributed by atoms with Crippen molar-refractivity contribution >= 4 is 34.2 Å². The predicted octanol–water partition coefficient (Wildman–Crippen LogP) is 6.59. The number of carbonyl (C=O) groups excluding carboxylic acids is 1. The molecule has 7 rings (SSSR count). The number of ether oxygens (including phenoxy) is 1. The standard InChI is InChI=1S/C35H35ClFN5O3/c1-7-25(43)40-14-15-41(21(6)17-40)33-22-16-24(36)27-26-23(9-8-19(4)28(26)37)35(11-12-35)45-32(27)31(22)42(34(44)39-33)30-20(5)10-13-38-29(30)18(2)3/h7-10,13,16,18,21H,1,11-12,14-15,17H2,2-6H3/t21-/m0/s1. The fraction of sp³-hybridized carbons (Fsp3) is 0.371. The number of anilines is 1. The SMILES string of the molecule is C=CC(=O)N1CCN(c2nc(=O)n(-c3c(C)ccnc3C(C)C)c3c4c(c(Cl)cc23)-c2c(ccc(C)c2F)C2(CC2)O4)[C@@H](C)C1. The molecule has 2 aliphatic heterocycles. The largest absolute Gasteiger partial charge is 0.480 e. The summed E-state index contributed by atoms with van der Waals surface area (Å²) >= 11 is 7.11. The van der Waals surface area contributed by atoms with E-state index in [-0.39, 0.29) is 23.7 Å². The summed E-state index contributed by atoms with van der Waals surface area (Å²) in [6, 6.07) is 7.20. The maximum Gasteiger partial charge on any atom is 0.354 e. The van der Waals surface area contributed by atoms with Gasteiger partial charge in [0.2, 0.25) is 5.91 Å². The molecular formula is C35H35ClFN5O3. The van der Waals surface area contributed by atoms with Crippen LogP contribution in [0.4, 0.5) is 10.2 Å². The van der Waals surface area contributed by atoms with Crippen molar-refractivity contribution in [1.82, 2.24) is 19.4 Å².